The van der Waals surface area contributed by atoms with Crippen LogP contribution in [0.5, 0.6) is 0 Å². The number of benzene rings is 2. The van der Waals surface area contributed by atoms with Crippen LogP contribution in [0.3, 0.4) is 0 Å². The van der Waals surface area contributed by atoms with Gasteiger partial charge in [-0.15, -0.1) is 0 Å². The van der Waals surface area contributed by atoms with E-state index in [0.717, 1.165) is 23.2 Å². The summed E-state index contributed by atoms with van der Waals surface area (Å²) in [5.74, 6) is -0.0270. The van der Waals surface area contributed by atoms with Gasteiger partial charge in [-0.1, -0.05) is 48.5 Å². The van der Waals surface area contributed by atoms with E-state index in [1.54, 1.807) is 4.90 Å². The third kappa shape index (κ3) is 2.22. The second-order valence-electron chi connectivity index (χ2n) is 6.28. The average molecular weight is 306 g/mol. The SMILES string of the molecule is O=C(Cc1ccccc1)N1CCC12Cc1ccccc1NC2=O. The summed E-state index contributed by atoms with van der Waals surface area (Å²) in [4.78, 5) is 27.1. The van der Waals surface area contributed by atoms with Gasteiger partial charge in [0, 0.05) is 18.7 Å². The number of fused-ring (bicyclic) bond motifs is 1. The zero-order valence-corrected chi connectivity index (χ0v) is 12.8. The molecule has 1 atom stereocenters. The molecule has 0 radical (unpaired) electrons. The molecule has 116 valence electrons. The molecule has 2 amide bonds. The lowest BCUT2D eigenvalue weighted by atomic mass is 9.75. The Morgan fingerprint density at radius 1 is 1.09 bits per heavy atom. The minimum Gasteiger partial charge on any atom is -0.327 e. The predicted octanol–water partition coefficient (Wildman–Crippen LogP) is 2.39. The Hall–Kier alpha value is -2.62. The summed E-state index contributed by atoms with van der Waals surface area (Å²) in [6.45, 7) is 0.654. The molecule has 0 aromatic heterocycles. The summed E-state index contributed by atoms with van der Waals surface area (Å²) in [6.07, 6.45) is 1.68. The molecule has 0 aliphatic carbocycles. The Labute approximate surface area is 135 Å². The van der Waals surface area contributed by atoms with Crippen LogP contribution in [-0.2, 0) is 22.4 Å². The van der Waals surface area contributed by atoms with Crippen molar-refractivity contribution in [1.82, 2.24) is 4.90 Å². The first-order chi connectivity index (χ1) is 11.2. The molecule has 1 N–H and O–H groups in total. The fraction of sp³-hybridized carbons (Fsp3) is 0.263. The smallest absolute Gasteiger partial charge is 0.250 e. The van der Waals surface area contributed by atoms with Gasteiger partial charge in [-0.05, 0) is 23.6 Å². The Kier molecular flexibility index (Phi) is 3.18. The van der Waals surface area contributed by atoms with Crippen LogP contribution in [0, 0.1) is 0 Å². The molecule has 2 aliphatic heterocycles. The molecule has 4 heteroatoms. The average Bonchev–Trinajstić information content (AvgIpc) is 2.54. The summed E-state index contributed by atoms with van der Waals surface area (Å²) >= 11 is 0. The van der Waals surface area contributed by atoms with Crippen LogP contribution in [0.1, 0.15) is 17.5 Å². The second kappa shape index (κ2) is 5.23. The highest BCUT2D eigenvalue weighted by molar-refractivity contribution is 6.04. The van der Waals surface area contributed by atoms with Crippen molar-refractivity contribution in [2.45, 2.75) is 24.8 Å². The van der Waals surface area contributed by atoms with Gasteiger partial charge in [-0.3, -0.25) is 9.59 Å². The molecule has 2 aliphatic rings. The molecule has 23 heavy (non-hydrogen) atoms. The third-order valence-corrected chi connectivity index (χ3v) is 4.94. The zero-order chi connectivity index (χ0) is 15.9. The number of carbonyl (C=O) groups is 2. The van der Waals surface area contributed by atoms with E-state index in [1.165, 1.54) is 0 Å². The summed E-state index contributed by atoms with van der Waals surface area (Å²) < 4.78 is 0. The fourth-order valence-corrected chi connectivity index (χ4v) is 3.57. The number of hydrogen-bond acceptors (Lipinski definition) is 2. The van der Waals surface area contributed by atoms with Crippen LogP contribution < -0.4 is 5.32 Å². The molecule has 0 saturated carbocycles. The van der Waals surface area contributed by atoms with Crippen LogP contribution in [0.4, 0.5) is 5.69 Å². The highest BCUT2D eigenvalue weighted by atomic mass is 16.2. The van der Waals surface area contributed by atoms with Crippen molar-refractivity contribution in [1.29, 1.82) is 0 Å². The molecule has 2 aromatic carbocycles. The molecule has 4 nitrogen and oxygen atoms in total. The second-order valence-corrected chi connectivity index (χ2v) is 6.28. The lowest BCUT2D eigenvalue weighted by Crippen LogP contribution is -2.70. The van der Waals surface area contributed by atoms with Crippen LogP contribution in [0.2, 0.25) is 0 Å². The van der Waals surface area contributed by atoms with Gasteiger partial charge in [0.1, 0.15) is 5.54 Å². The van der Waals surface area contributed by atoms with Crippen LogP contribution in [-0.4, -0.2) is 28.8 Å². The van der Waals surface area contributed by atoms with Crippen molar-refractivity contribution in [2.24, 2.45) is 0 Å². The van der Waals surface area contributed by atoms with Gasteiger partial charge < -0.3 is 10.2 Å². The monoisotopic (exact) mass is 306 g/mol. The van der Waals surface area contributed by atoms with Crippen LogP contribution >= 0.6 is 0 Å². The summed E-state index contributed by atoms with van der Waals surface area (Å²) in [6, 6.07) is 17.5. The fourth-order valence-electron chi connectivity index (χ4n) is 3.57. The molecule has 4 rings (SSSR count). The molecular formula is C19H18N2O2. The Bertz CT molecular complexity index is 772. The van der Waals surface area contributed by atoms with Crippen LogP contribution in [0.15, 0.2) is 54.6 Å². The van der Waals surface area contributed by atoms with Gasteiger partial charge in [0.2, 0.25) is 5.91 Å². The molecule has 2 heterocycles. The maximum atomic E-state index is 12.7. The minimum atomic E-state index is -0.694. The molecule has 1 fully saturated rings. The highest BCUT2D eigenvalue weighted by Crippen LogP contribution is 2.40. The minimum absolute atomic E-state index is 0.0250. The topological polar surface area (TPSA) is 49.4 Å². The molecule has 1 saturated heterocycles. The Morgan fingerprint density at radius 3 is 2.57 bits per heavy atom. The number of para-hydroxylation sites is 1. The molecule has 0 bridgehead atoms. The number of rotatable bonds is 2. The van der Waals surface area contributed by atoms with E-state index in [-0.39, 0.29) is 11.8 Å². The van der Waals surface area contributed by atoms with E-state index in [0.29, 0.717) is 19.4 Å². The Morgan fingerprint density at radius 2 is 1.83 bits per heavy atom. The van der Waals surface area contributed by atoms with Crippen molar-refractivity contribution in [2.75, 3.05) is 11.9 Å². The van der Waals surface area contributed by atoms with E-state index < -0.39 is 5.54 Å². The van der Waals surface area contributed by atoms with E-state index in [2.05, 4.69) is 5.32 Å². The van der Waals surface area contributed by atoms with Crippen LogP contribution in [0.25, 0.3) is 0 Å². The lowest BCUT2D eigenvalue weighted by Gasteiger charge is -2.53. The molecular weight excluding hydrogens is 288 g/mol. The summed E-state index contributed by atoms with van der Waals surface area (Å²) in [5, 5.41) is 2.97. The summed E-state index contributed by atoms with van der Waals surface area (Å²) in [5.41, 5.74) is 2.26. The Balaban J connectivity index is 1.58. The first-order valence-electron chi connectivity index (χ1n) is 7.93. The number of likely N-dealkylation sites (tertiary alicyclic amines) is 1. The van der Waals surface area contributed by atoms with Crippen molar-refractivity contribution < 1.29 is 9.59 Å². The van der Waals surface area contributed by atoms with Gasteiger partial charge in [-0.25, -0.2) is 0 Å². The van der Waals surface area contributed by atoms with E-state index in [9.17, 15) is 9.59 Å². The maximum absolute atomic E-state index is 12.7. The molecule has 1 unspecified atom stereocenters. The number of nitrogens with zero attached hydrogens (tertiary/aromatic N) is 1. The predicted molar refractivity (Wildman–Crippen MR) is 88.0 cm³/mol. The normalized spacial score (nSPS) is 22.3. The number of amides is 2. The van der Waals surface area contributed by atoms with E-state index >= 15 is 0 Å². The number of hydrogen-bond donors (Lipinski definition) is 1. The molecule has 2 aromatic rings. The van der Waals surface area contributed by atoms with Crippen molar-refractivity contribution in [3.63, 3.8) is 0 Å². The van der Waals surface area contributed by atoms with E-state index in [4.69, 9.17) is 0 Å². The van der Waals surface area contributed by atoms with Gasteiger partial charge in [0.15, 0.2) is 0 Å². The van der Waals surface area contributed by atoms with E-state index in [1.807, 2.05) is 54.6 Å². The van der Waals surface area contributed by atoms with Gasteiger partial charge in [0.05, 0.1) is 6.42 Å². The quantitative estimate of drug-likeness (QED) is 0.926. The number of anilines is 1. The highest BCUT2D eigenvalue weighted by Gasteiger charge is 2.54. The number of nitrogens with one attached hydrogen (secondary N) is 1. The standard InChI is InChI=1S/C19H18N2O2/c22-17(12-14-6-2-1-3-7-14)21-11-10-19(21)13-15-8-4-5-9-16(15)20-18(19)23/h1-9H,10-13H2,(H,20,23). The zero-order valence-electron chi connectivity index (χ0n) is 12.8. The first-order valence-corrected chi connectivity index (χ1v) is 7.93. The van der Waals surface area contributed by atoms with Gasteiger partial charge in [0.25, 0.3) is 5.91 Å². The largest absolute Gasteiger partial charge is 0.327 e. The number of carbonyl (C=O) groups excluding carboxylic acids is 2. The van der Waals surface area contributed by atoms with Crippen molar-refractivity contribution in [3.05, 3.63) is 65.7 Å². The van der Waals surface area contributed by atoms with Gasteiger partial charge >= 0.3 is 0 Å². The van der Waals surface area contributed by atoms with Crippen molar-refractivity contribution in [3.8, 4) is 0 Å². The summed E-state index contributed by atoms with van der Waals surface area (Å²) in [7, 11) is 0. The first kappa shape index (κ1) is 14.0. The lowest BCUT2D eigenvalue weighted by molar-refractivity contribution is -0.156. The third-order valence-electron chi connectivity index (χ3n) is 4.94. The van der Waals surface area contributed by atoms with Crippen molar-refractivity contribution >= 4 is 17.5 Å². The molecule has 1 spiro atoms. The maximum Gasteiger partial charge on any atom is 0.250 e. The van der Waals surface area contributed by atoms with Gasteiger partial charge in [-0.2, -0.15) is 0 Å².